The summed E-state index contributed by atoms with van der Waals surface area (Å²) in [6, 6.07) is 0.249. The van der Waals surface area contributed by atoms with Gasteiger partial charge in [0.25, 0.3) is 0 Å². The van der Waals surface area contributed by atoms with E-state index in [1.807, 2.05) is 6.92 Å². The van der Waals surface area contributed by atoms with Crippen LogP contribution in [-0.4, -0.2) is 38.9 Å². The third-order valence-electron chi connectivity index (χ3n) is 2.75. The van der Waals surface area contributed by atoms with Crippen molar-refractivity contribution in [2.45, 2.75) is 39.0 Å². The van der Waals surface area contributed by atoms with E-state index in [4.69, 9.17) is 0 Å². The Hall–Kier alpha value is -0.520. The maximum Gasteiger partial charge on any atom is 0.131 e. The van der Waals surface area contributed by atoms with E-state index in [1.165, 1.54) is 0 Å². The molecule has 2 heterocycles. The standard InChI is InChI=1S/C9H15N3OS/c1-6-8(13)3-4-12(6)5-9-11-10-7(2)14-9/h6,8,13H,3-5H2,1-2H3/t6-,8+/m1/s1. The van der Waals surface area contributed by atoms with Crippen molar-refractivity contribution in [1.82, 2.24) is 15.1 Å². The second kappa shape index (κ2) is 3.92. The van der Waals surface area contributed by atoms with Crippen molar-refractivity contribution in [3.63, 3.8) is 0 Å². The molecular formula is C9H15N3OS. The van der Waals surface area contributed by atoms with Gasteiger partial charge in [0.1, 0.15) is 10.0 Å². The fraction of sp³-hybridized carbons (Fsp3) is 0.778. The Kier molecular flexibility index (Phi) is 2.80. The molecule has 0 aromatic carbocycles. The van der Waals surface area contributed by atoms with E-state index >= 15 is 0 Å². The fourth-order valence-electron chi connectivity index (χ4n) is 1.78. The number of rotatable bonds is 2. The third-order valence-corrected chi connectivity index (χ3v) is 3.57. The van der Waals surface area contributed by atoms with E-state index in [2.05, 4.69) is 22.0 Å². The van der Waals surface area contributed by atoms with Crippen molar-refractivity contribution in [3.8, 4) is 0 Å². The van der Waals surface area contributed by atoms with Crippen LogP contribution in [0.5, 0.6) is 0 Å². The Bertz CT molecular complexity index is 315. The number of aromatic nitrogens is 2. The summed E-state index contributed by atoms with van der Waals surface area (Å²) in [5.41, 5.74) is 0. The van der Waals surface area contributed by atoms with Gasteiger partial charge in [0, 0.05) is 12.6 Å². The zero-order valence-electron chi connectivity index (χ0n) is 8.47. The van der Waals surface area contributed by atoms with E-state index in [0.717, 1.165) is 29.5 Å². The van der Waals surface area contributed by atoms with Gasteiger partial charge in [-0.1, -0.05) is 0 Å². The highest BCUT2D eigenvalue weighted by atomic mass is 32.1. The molecule has 0 amide bonds. The Morgan fingerprint density at radius 2 is 2.36 bits per heavy atom. The topological polar surface area (TPSA) is 49.2 Å². The summed E-state index contributed by atoms with van der Waals surface area (Å²) in [5, 5.41) is 19.7. The molecule has 0 radical (unpaired) electrons. The van der Waals surface area contributed by atoms with Crippen LogP contribution in [0.25, 0.3) is 0 Å². The lowest BCUT2D eigenvalue weighted by molar-refractivity contribution is 0.123. The molecule has 1 aromatic heterocycles. The molecule has 0 saturated carbocycles. The maximum atomic E-state index is 9.58. The fourth-order valence-corrected chi connectivity index (χ4v) is 2.52. The van der Waals surface area contributed by atoms with Crippen LogP contribution in [0.1, 0.15) is 23.4 Å². The highest BCUT2D eigenvalue weighted by molar-refractivity contribution is 7.11. The first-order valence-electron chi connectivity index (χ1n) is 4.88. The number of hydrogen-bond acceptors (Lipinski definition) is 5. The Labute approximate surface area is 87.6 Å². The number of aryl methyl sites for hydroxylation is 1. The maximum absolute atomic E-state index is 9.58. The van der Waals surface area contributed by atoms with Gasteiger partial charge in [0.05, 0.1) is 12.6 Å². The molecule has 1 fully saturated rings. The Morgan fingerprint density at radius 3 is 2.86 bits per heavy atom. The van der Waals surface area contributed by atoms with E-state index in [-0.39, 0.29) is 12.1 Å². The molecule has 1 saturated heterocycles. The number of aliphatic hydroxyl groups excluding tert-OH is 1. The number of nitrogens with zero attached hydrogens (tertiary/aromatic N) is 3. The molecule has 1 aliphatic rings. The normalized spacial score (nSPS) is 28.5. The average Bonchev–Trinajstić information content (AvgIpc) is 2.67. The predicted octanol–water partition coefficient (Wildman–Crippen LogP) is 0.802. The summed E-state index contributed by atoms with van der Waals surface area (Å²) in [4.78, 5) is 2.25. The third kappa shape index (κ3) is 1.94. The van der Waals surface area contributed by atoms with Crippen molar-refractivity contribution in [2.24, 2.45) is 0 Å². The molecule has 0 spiro atoms. The molecule has 1 aliphatic heterocycles. The van der Waals surface area contributed by atoms with Gasteiger partial charge in [-0.15, -0.1) is 21.5 Å². The second-order valence-electron chi connectivity index (χ2n) is 3.78. The second-order valence-corrected chi connectivity index (χ2v) is 5.05. The lowest BCUT2D eigenvalue weighted by Gasteiger charge is -2.20. The van der Waals surface area contributed by atoms with Gasteiger partial charge in [0.2, 0.25) is 0 Å². The highest BCUT2D eigenvalue weighted by Gasteiger charge is 2.29. The first-order valence-corrected chi connectivity index (χ1v) is 5.69. The molecule has 5 heteroatoms. The van der Waals surface area contributed by atoms with Crippen LogP contribution in [0.2, 0.25) is 0 Å². The predicted molar refractivity (Wildman–Crippen MR) is 55.1 cm³/mol. The van der Waals surface area contributed by atoms with Crippen molar-refractivity contribution in [2.75, 3.05) is 6.54 Å². The van der Waals surface area contributed by atoms with Gasteiger partial charge in [-0.3, -0.25) is 4.90 Å². The lowest BCUT2D eigenvalue weighted by Crippen LogP contribution is -2.31. The van der Waals surface area contributed by atoms with Crippen LogP contribution in [0, 0.1) is 6.92 Å². The molecule has 1 aromatic rings. The van der Waals surface area contributed by atoms with Gasteiger partial charge in [-0.2, -0.15) is 0 Å². The first kappa shape index (κ1) is 10.0. The minimum absolute atomic E-state index is 0.177. The molecule has 2 rings (SSSR count). The van der Waals surface area contributed by atoms with Crippen LogP contribution < -0.4 is 0 Å². The molecule has 1 N–H and O–H groups in total. The first-order chi connectivity index (χ1) is 6.66. The summed E-state index contributed by atoms with van der Waals surface area (Å²) in [5.74, 6) is 0. The summed E-state index contributed by atoms with van der Waals surface area (Å²) in [6.45, 7) is 5.81. The van der Waals surface area contributed by atoms with Crippen LogP contribution in [0.15, 0.2) is 0 Å². The molecule has 0 unspecified atom stereocenters. The van der Waals surface area contributed by atoms with Gasteiger partial charge in [0.15, 0.2) is 0 Å². The lowest BCUT2D eigenvalue weighted by atomic mass is 10.2. The van der Waals surface area contributed by atoms with Crippen LogP contribution in [-0.2, 0) is 6.54 Å². The van der Waals surface area contributed by atoms with Gasteiger partial charge in [-0.25, -0.2) is 0 Å². The smallest absolute Gasteiger partial charge is 0.131 e. The van der Waals surface area contributed by atoms with Crippen LogP contribution >= 0.6 is 11.3 Å². The van der Waals surface area contributed by atoms with Crippen molar-refractivity contribution < 1.29 is 5.11 Å². The monoisotopic (exact) mass is 213 g/mol. The summed E-state index contributed by atoms with van der Waals surface area (Å²) in [7, 11) is 0. The van der Waals surface area contributed by atoms with Gasteiger partial charge >= 0.3 is 0 Å². The molecule has 14 heavy (non-hydrogen) atoms. The number of aliphatic hydroxyl groups is 1. The highest BCUT2D eigenvalue weighted by Crippen LogP contribution is 2.21. The van der Waals surface area contributed by atoms with Crippen molar-refractivity contribution in [3.05, 3.63) is 10.0 Å². The van der Waals surface area contributed by atoms with Gasteiger partial charge < -0.3 is 5.11 Å². The minimum Gasteiger partial charge on any atom is -0.391 e. The average molecular weight is 213 g/mol. The molecule has 4 nitrogen and oxygen atoms in total. The molecule has 0 aliphatic carbocycles. The van der Waals surface area contributed by atoms with E-state index in [1.54, 1.807) is 11.3 Å². The molecular weight excluding hydrogens is 198 g/mol. The quantitative estimate of drug-likeness (QED) is 0.789. The van der Waals surface area contributed by atoms with E-state index in [9.17, 15) is 5.11 Å². The summed E-state index contributed by atoms with van der Waals surface area (Å²) >= 11 is 1.63. The van der Waals surface area contributed by atoms with Crippen LogP contribution in [0.4, 0.5) is 0 Å². The molecule has 2 atom stereocenters. The summed E-state index contributed by atoms with van der Waals surface area (Å²) in [6.07, 6.45) is 0.697. The molecule has 0 bridgehead atoms. The number of likely N-dealkylation sites (tertiary alicyclic amines) is 1. The zero-order chi connectivity index (χ0) is 10.1. The van der Waals surface area contributed by atoms with Crippen molar-refractivity contribution in [1.29, 1.82) is 0 Å². The van der Waals surface area contributed by atoms with Crippen molar-refractivity contribution >= 4 is 11.3 Å². The van der Waals surface area contributed by atoms with Gasteiger partial charge in [-0.05, 0) is 20.3 Å². The Morgan fingerprint density at radius 1 is 1.57 bits per heavy atom. The van der Waals surface area contributed by atoms with E-state index < -0.39 is 0 Å². The zero-order valence-corrected chi connectivity index (χ0v) is 9.29. The Balaban J connectivity index is 1.98. The summed E-state index contributed by atoms with van der Waals surface area (Å²) < 4.78 is 0. The number of hydrogen-bond donors (Lipinski definition) is 1. The SMILES string of the molecule is Cc1nnc(CN2CC[C@H](O)[C@H]2C)s1. The van der Waals surface area contributed by atoms with E-state index in [0.29, 0.717) is 0 Å². The molecule has 78 valence electrons. The largest absolute Gasteiger partial charge is 0.391 e. The minimum atomic E-state index is -0.177. The van der Waals surface area contributed by atoms with Crippen LogP contribution in [0.3, 0.4) is 0 Å².